The molecule has 0 aliphatic rings. The van der Waals surface area contributed by atoms with Crippen LogP contribution < -0.4 is 14.2 Å². The third-order valence-electron chi connectivity index (χ3n) is 3.58. The number of aryl methyl sites for hydroxylation is 2. The molecule has 6 heteroatoms. The zero-order valence-corrected chi connectivity index (χ0v) is 15.2. The first kappa shape index (κ1) is 18.1. The summed E-state index contributed by atoms with van der Waals surface area (Å²) >= 11 is 0. The van der Waals surface area contributed by atoms with Crippen LogP contribution in [0, 0.1) is 13.8 Å². The molecule has 1 N–H and O–H groups in total. The van der Waals surface area contributed by atoms with Gasteiger partial charge in [0.25, 0.3) is 10.0 Å². The lowest BCUT2D eigenvalue weighted by atomic mass is 10.1. The molecule has 0 spiro atoms. The molecule has 5 nitrogen and oxygen atoms in total. The van der Waals surface area contributed by atoms with Gasteiger partial charge in [0.15, 0.2) is 11.5 Å². The third kappa shape index (κ3) is 4.20. The van der Waals surface area contributed by atoms with Gasteiger partial charge in [0.1, 0.15) is 0 Å². The number of hydrogen-bond acceptors (Lipinski definition) is 4. The monoisotopic (exact) mass is 349 g/mol. The zero-order chi connectivity index (χ0) is 17.7. The summed E-state index contributed by atoms with van der Waals surface area (Å²) in [5.41, 5.74) is 2.41. The lowest BCUT2D eigenvalue weighted by Gasteiger charge is -2.14. The SMILES string of the molecule is CCOc1ccc(NS(=O)(=O)c2ccc(C)c(C)c2)cc1OCC. The van der Waals surface area contributed by atoms with E-state index in [9.17, 15) is 8.42 Å². The van der Waals surface area contributed by atoms with Crippen molar-refractivity contribution in [1.29, 1.82) is 0 Å². The molecule has 2 rings (SSSR count). The summed E-state index contributed by atoms with van der Waals surface area (Å²) in [5, 5.41) is 0. The maximum absolute atomic E-state index is 12.6. The third-order valence-corrected chi connectivity index (χ3v) is 4.96. The summed E-state index contributed by atoms with van der Waals surface area (Å²) in [6.07, 6.45) is 0. The molecule has 2 aromatic carbocycles. The van der Waals surface area contributed by atoms with Crippen molar-refractivity contribution in [3.8, 4) is 11.5 Å². The molecule has 2 aromatic rings. The predicted molar refractivity (Wildman–Crippen MR) is 95.5 cm³/mol. The van der Waals surface area contributed by atoms with E-state index in [4.69, 9.17) is 9.47 Å². The number of ether oxygens (including phenoxy) is 2. The molecule has 0 saturated carbocycles. The van der Waals surface area contributed by atoms with Crippen LogP contribution in [0.1, 0.15) is 25.0 Å². The lowest BCUT2D eigenvalue weighted by molar-refractivity contribution is 0.288. The first-order valence-corrected chi connectivity index (χ1v) is 9.35. The number of anilines is 1. The molecular weight excluding hydrogens is 326 g/mol. The van der Waals surface area contributed by atoms with Crippen LogP contribution in [0.15, 0.2) is 41.3 Å². The van der Waals surface area contributed by atoms with Crippen LogP contribution in [-0.2, 0) is 10.0 Å². The van der Waals surface area contributed by atoms with Crippen molar-refractivity contribution in [1.82, 2.24) is 0 Å². The molecule has 130 valence electrons. The molecule has 0 bridgehead atoms. The average Bonchev–Trinajstić information content (AvgIpc) is 2.52. The summed E-state index contributed by atoms with van der Waals surface area (Å²) in [6.45, 7) is 8.55. The van der Waals surface area contributed by atoms with Gasteiger partial charge < -0.3 is 9.47 Å². The van der Waals surface area contributed by atoms with Gasteiger partial charge in [-0.1, -0.05) is 6.07 Å². The van der Waals surface area contributed by atoms with E-state index in [-0.39, 0.29) is 4.90 Å². The molecule has 0 saturated heterocycles. The van der Waals surface area contributed by atoms with Gasteiger partial charge in [0, 0.05) is 6.07 Å². The quantitative estimate of drug-likeness (QED) is 0.823. The number of benzene rings is 2. The highest BCUT2D eigenvalue weighted by Gasteiger charge is 2.16. The first-order chi connectivity index (χ1) is 11.4. The Morgan fingerprint density at radius 1 is 0.875 bits per heavy atom. The van der Waals surface area contributed by atoms with Gasteiger partial charge in [-0.25, -0.2) is 8.42 Å². The van der Waals surface area contributed by atoms with E-state index in [1.54, 1.807) is 36.4 Å². The summed E-state index contributed by atoms with van der Waals surface area (Å²) in [6, 6.07) is 10.1. The van der Waals surface area contributed by atoms with Crippen LogP contribution in [0.25, 0.3) is 0 Å². The van der Waals surface area contributed by atoms with Crippen molar-refractivity contribution in [3.05, 3.63) is 47.5 Å². The van der Waals surface area contributed by atoms with Crippen molar-refractivity contribution < 1.29 is 17.9 Å². The van der Waals surface area contributed by atoms with Gasteiger partial charge in [-0.3, -0.25) is 4.72 Å². The highest BCUT2D eigenvalue weighted by atomic mass is 32.2. The zero-order valence-electron chi connectivity index (χ0n) is 14.4. The van der Waals surface area contributed by atoms with Gasteiger partial charge in [-0.2, -0.15) is 0 Å². The van der Waals surface area contributed by atoms with E-state index in [2.05, 4.69) is 4.72 Å². The summed E-state index contributed by atoms with van der Waals surface area (Å²) in [5.74, 6) is 1.10. The summed E-state index contributed by atoms with van der Waals surface area (Å²) in [4.78, 5) is 0.234. The standard InChI is InChI=1S/C18H23NO4S/c1-5-22-17-10-8-15(12-18(17)23-6-2)19-24(20,21)16-9-7-13(3)14(4)11-16/h7-12,19H,5-6H2,1-4H3. The Labute approximate surface area is 143 Å². The van der Waals surface area contributed by atoms with Crippen molar-refractivity contribution in [2.45, 2.75) is 32.6 Å². The minimum absolute atomic E-state index is 0.234. The lowest BCUT2D eigenvalue weighted by Crippen LogP contribution is -2.13. The van der Waals surface area contributed by atoms with E-state index < -0.39 is 10.0 Å². The average molecular weight is 349 g/mol. The van der Waals surface area contributed by atoms with E-state index in [0.717, 1.165) is 11.1 Å². The Morgan fingerprint density at radius 2 is 1.54 bits per heavy atom. The molecular formula is C18H23NO4S. The summed E-state index contributed by atoms with van der Waals surface area (Å²) in [7, 11) is -3.66. The van der Waals surface area contributed by atoms with E-state index in [1.807, 2.05) is 27.7 Å². The molecule has 0 aromatic heterocycles. The smallest absolute Gasteiger partial charge is 0.261 e. The fourth-order valence-corrected chi connectivity index (χ4v) is 3.34. The normalized spacial score (nSPS) is 11.2. The second-order valence-corrected chi connectivity index (χ2v) is 7.06. The van der Waals surface area contributed by atoms with Crippen molar-refractivity contribution >= 4 is 15.7 Å². The van der Waals surface area contributed by atoms with Crippen molar-refractivity contribution in [2.24, 2.45) is 0 Å². The van der Waals surface area contributed by atoms with Crippen LogP contribution in [0.5, 0.6) is 11.5 Å². The maximum atomic E-state index is 12.6. The van der Waals surface area contributed by atoms with E-state index >= 15 is 0 Å². The molecule has 0 unspecified atom stereocenters. The molecule has 0 radical (unpaired) electrons. The van der Waals surface area contributed by atoms with Crippen molar-refractivity contribution in [3.63, 3.8) is 0 Å². The van der Waals surface area contributed by atoms with Crippen LogP contribution >= 0.6 is 0 Å². The van der Waals surface area contributed by atoms with Crippen molar-refractivity contribution in [2.75, 3.05) is 17.9 Å². The van der Waals surface area contributed by atoms with E-state index in [0.29, 0.717) is 30.4 Å². The highest BCUT2D eigenvalue weighted by molar-refractivity contribution is 7.92. The van der Waals surface area contributed by atoms with Gasteiger partial charge in [-0.15, -0.1) is 0 Å². The van der Waals surface area contributed by atoms with Gasteiger partial charge in [0.2, 0.25) is 0 Å². The second kappa shape index (κ2) is 7.57. The minimum atomic E-state index is -3.66. The molecule has 0 aliphatic carbocycles. The fourth-order valence-electron chi connectivity index (χ4n) is 2.21. The van der Waals surface area contributed by atoms with Gasteiger partial charge in [0.05, 0.1) is 23.8 Å². The summed E-state index contributed by atoms with van der Waals surface area (Å²) < 4.78 is 38.7. The Balaban J connectivity index is 2.31. The van der Waals surface area contributed by atoms with Crippen LogP contribution in [0.2, 0.25) is 0 Å². The topological polar surface area (TPSA) is 64.6 Å². The Bertz CT molecular complexity index is 816. The fraction of sp³-hybridized carbons (Fsp3) is 0.333. The molecule has 0 atom stereocenters. The number of nitrogens with one attached hydrogen (secondary N) is 1. The van der Waals surface area contributed by atoms with E-state index in [1.165, 1.54) is 0 Å². The Kier molecular flexibility index (Phi) is 5.72. The predicted octanol–water partition coefficient (Wildman–Crippen LogP) is 3.90. The maximum Gasteiger partial charge on any atom is 0.261 e. The number of rotatable bonds is 7. The number of sulfonamides is 1. The molecule has 0 aliphatic heterocycles. The molecule has 24 heavy (non-hydrogen) atoms. The van der Waals surface area contributed by atoms with Crippen LogP contribution in [0.4, 0.5) is 5.69 Å². The van der Waals surface area contributed by atoms with Gasteiger partial charge >= 0.3 is 0 Å². The van der Waals surface area contributed by atoms with Gasteiger partial charge in [-0.05, 0) is 63.1 Å². The Morgan fingerprint density at radius 3 is 2.17 bits per heavy atom. The Hall–Kier alpha value is -2.21. The molecule has 0 fully saturated rings. The highest BCUT2D eigenvalue weighted by Crippen LogP contribution is 2.31. The van der Waals surface area contributed by atoms with Crippen LogP contribution in [-0.4, -0.2) is 21.6 Å². The minimum Gasteiger partial charge on any atom is -0.490 e. The first-order valence-electron chi connectivity index (χ1n) is 7.87. The largest absolute Gasteiger partial charge is 0.490 e. The second-order valence-electron chi connectivity index (χ2n) is 5.38. The molecule has 0 heterocycles. The number of hydrogen-bond donors (Lipinski definition) is 1. The molecule has 0 amide bonds. The van der Waals surface area contributed by atoms with Crippen LogP contribution in [0.3, 0.4) is 0 Å².